The van der Waals surface area contributed by atoms with Crippen molar-refractivity contribution >= 4 is 5.91 Å². The van der Waals surface area contributed by atoms with Gasteiger partial charge in [0.1, 0.15) is 0 Å². The number of carbonyl (C=O) groups excluding carboxylic acids is 1. The summed E-state index contributed by atoms with van der Waals surface area (Å²) in [5.41, 5.74) is 5.44. The Labute approximate surface area is 79.5 Å². The fraction of sp³-hybridized carbons (Fsp3) is 0.889. The van der Waals surface area contributed by atoms with Gasteiger partial charge in [-0.25, -0.2) is 0 Å². The van der Waals surface area contributed by atoms with E-state index in [-0.39, 0.29) is 17.9 Å². The first-order valence-electron chi connectivity index (χ1n) is 4.46. The summed E-state index contributed by atoms with van der Waals surface area (Å²) in [4.78, 5) is 11.3. The zero-order chi connectivity index (χ0) is 10.6. The molecule has 0 radical (unpaired) electrons. The van der Waals surface area contributed by atoms with Crippen molar-refractivity contribution < 1.29 is 9.90 Å². The maximum absolute atomic E-state index is 11.3. The summed E-state index contributed by atoms with van der Waals surface area (Å²) < 4.78 is 0. The summed E-state index contributed by atoms with van der Waals surface area (Å²) in [5.74, 6) is -0.214. The molecule has 2 atom stereocenters. The smallest absolute Gasteiger partial charge is 0.237 e. The molecule has 4 heteroatoms. The molecule has 0 saturated heterocycles. The molecule has 0 bridgehead atoms. The van der Waals surface area contributed by atoms with E-state index in [0.717, 1.165) is 0 Å². The number of hydrogen-bond donors (Lipinski definition) is 3. The summed E-state index contributed by atoms with van der Waals surface area (Å²) in [6.07, 6.45) is -0.531. The topological polar surface area (TPSA) is 75.3 Å². The Morgan fingerprint density at radius 1 is 1.54 bits per heavy atom. The standard InChI is InChI=1S/C9H20N2O2/c1-6(12)5-11-8(13)7(10)9(2,3)4/h6-7,12H,5,10H2,1-4H3,(H,11,13)/t6-,7-/m0/s1. The van der Waals surface area contributed by atoms with Gasteiger partial charge in [-0.15, -0.1) is 0 Å². The molecule has 0 aromatic rings. The van der Waals surface area contributed by atoms with Gasteiger partial charge in [-0.2, -0.15) is 0 Å². The quantitative estimate of drug-likeness (QED) is 0.577. The summed E-state index contributed by atoms with van der Waals surface area (Å²) in [6.45, 7) is 7.57. The van der Waals surface area contributed by atoms with Crippen molar-refractivity contribution in [3.63, 3.8) is 0 Å². The molecule has 0 spiro atoms. The van der Waals surface area contributed by atoms with E-state index < -0.39 is 12.1 Å². The molecule has 4 nitrogen and oxygen atoms in total. The van der Waals surface area contributed by atoms with E-state index in [0.29, 0.717) is 0 Å². The molecule has 0 aromatic heterocycles. The highest BCUT2D eigenvalue weighted by Crippen LogP contribution is 2.16. The highest BCUT2D eigenvalue weighted by Gasteiger charge is 2.27. The Kier molecular flexibility index (Phi) is 4.36. The van der Waals surface area contributed by atoms with Crippen molar-refractivity contribution in [1.29, 1.82) is 0 Å². The molecule has 78 valence electrons. The van der Waals surface area contributed by atoms with Crippen molar-refractivity contribution in [3.05, 3.63) is 0 Å². The van der Waals surface area contributed by atoms with Crippen LogP contribution in [0, 0.1) is 5.41 Å². The minimum atomic E-state index is -0.536. The van der Waals surface area contributed by atoms with Crippen molar-refractivity contribution in [2.45, 2.75) is 39.8 Å². The third-order valence-electron chi connectivity index (χ3n) is 1.79. The molecule has 0 saturated carbocycles. The molecule has 0 rings (SSSR count). The Hall–Kier alpha value is -0.610. The summed E-state index contributed by atoms with van der Waals surface area (Å²) in [5, 5.41) is 11.5. The van der Waals surface area contributed by atoms with Crippen molar-refractivity contribution in [1.82, 2.24) is 5.32 Å². The maximum Gasteiger partial charge on any atom is 0.237 e. The normalized spacial score (nSPS) is 16.5. The lowest BCUT2D eigenvalue weighted by molar-refractivity contribution is -0.124. The second-order valence-electron chi connectivity index (χ2n) is 4.44. The molecule has 1 amide bonds. The van der Waals surface area contributed by atoms with Crippen LogP contribution >= 0.6 is 0 Å². The lowest BCUT2D eigenvalue weighted by Crippen LogP contribution is -2.49. The molecule has 0 aliphatic carbocycles. The fourth-order valence-electron chi connectivity index (χ4n) is 0.752. The van der Waals surface area contributed by atoms with Crippen LogP contribution in [0.15, 0.2) is 0 Å². The van der Waals surface area contributed by atoms with E-state index in [2.05, 4.69) is 5.32 Å². The molecule has 0 heterocycles. The zero-order valence-corrected chi connectivity index (χ0v) is 8.79. The predicted octanol–water partition coefficient (Wildman–Crippen LogP) is -0.143. The Balaban J connectivity index is 3.98. The number of carbonyl (C=O) groups is 1. The van der Waals surface area contributed by atoms with Crippen LogP contribution < -0.4 is 11.1 Å². The molecule has 0 aliphatic rings. The fourth-order valence-corrected chi connectivity index (χ4v) is 0.752. The largest absolute Gasteiger partial charge is 0.392 e. The minimum absolute atomic E-state index is 0.214. The Bertz CT molecular complexity index is 173. The van der Waals surface area contributed by atoms with E-state index in [1.165, 1.54) is 0 Å². The average Bonchev–Trinajstić information content (AvgIpc) is 1.96. The lowest BCUT2D eigenvalue weighted by Gasteiger charge is -2.26. The molecule has 0 unspecified atom stereocenters. The van der Waals surface area contributed by atoms with E-state index in [1.807, 2.05) is 20.8 Å². The Morgan fingerprint density at radius 2 is 2.00 bits per heavy atom. The third kappa shape index (κ3) is 4.85. The maximum atomic E-state index is 11.3. The zero-order valence-electron chi connectivity index (χ0n) is 8.79. The van der Waals surface area contributed by atoms with Crippen LogP contribution in [0.3, 0.4) is 0 Å². The number of hydrogen-bond acceptors (Lipinski definition) is 3. The van der Waals surface area contributed by atoms with Crippen LogP contribution in [-0.2, 0) is 4.79 Å². The summed E-state index contributed by atoms with van der Waals surface area (Å²) >= 11 is 0. The van der Waals surface area contributed by atoms with Gasteiger partial charge in [0.2, 0.25) is 5.91 Å². The van der Waals surface area contributed by atoms with Gasteiger partial charge in [-0.05, 0) is 12.3 Å². The van der Waals surface area contributed by atoms with Crippen LogP contribution in [-0.4, -0.2) is 29.7 Å². The number of aliphatic hydroxyl groups is 1. The van der Waals surface area contributed by atoms with Crippen LogP contribution in [0.1, 0.15) is 27.7 Å². The first kappa shape index (κ1) is 12.4. The number of nitrogens with two attached hydrogens (primary N) is 1. The number of nitrogens with one attached hydrogen (secondary N) is 1. The van der Waals surface area contributed by atoms with Gasteiger partial charge in [-0.1, -0.05) is 20.8 Å². The van der Waals surface area contributed by atoms with Crippen LogP contribution in [0.4, 0.5) is 0 Å². The van der Waals surface area contributed by atoms with Gasteiger partial charge in [0.05, 0.1) is 12.1 Å². The third-order valence-corrected chi connectivity index (χ3v) is 1.79. The minimum Gasteiger partial charge on any atom is -0.392 e. The highest BCUT2D eigenvalue weighted by atomic mass is 16.3. The number of rotatable bonds is 3. The lowest BCUT2D eigenvalue weighted by atomic mass is 9.87. The second-order valence-corrected chi connectivity index (χ2v) is 4.44. The van der Waals surface area contributed by atoms with Crippen molar-refractivity contribution in [2.24, 2.45) is 11.1 Å². The van der Waals surface area contributed by atoms with E-state index >= 15 is 0 Å². The van der Waals surface area contributed by atoms with Crippen LogP contribution in [0.5, 0.6) is 0 Å². The molecule has 4 N–H and O–H groups in total. The van der Waals surface area contributed by atoms with E-state index in [9.17, 15) is 4.79 Å². The van der Waals surface area contributed by atoms with Gasteiger partial charge in [-0.3, -0.25) is 4.79 Å². The molecular weight excluding hydrogens is 168 g/mol. The van der Waals surface area contributed by atoms with Gasteiger partial charge in [0.15, 0.2) is 0 Å². The second kappa shape index (κ2) is 4.58. The molecule has 0 aliphatic heterocycles. The summed E-state index contributed by atoms with van der Waals surface area (Å²) in [6, 6.07) is -0.536. The van der Waals surface area contributed by atoms with Gasteiger partial charge < -0.3 is 16.2 Å². The molecule has 0 aromatic carbocycles. The number of amides is 1. The van der Waals surface area contributed by atoms with Crippen molar-refractivity contribution in [2.75, 3.05) is 6.54 Å². The highest BCUT2D eigenvalue weighted by molar-refractivity contribution is 5.82. The molecular formula is C9H20N2O2. The number of aliphatic hydroxyl groups excluding tert-OH is 1. The van der Waals surface area contributed by atoms with Gasteiger partial charge in [0.25, 0.3) is 0 Å². The first-order valence-corrected chi connectivity index (χ1v) is 4.46. The predicted molar refractivity (Wildman–Crippen MR) is 52.1 cm³/mol. The molecule has 13 heavy (non-hydrogen) atoms. The van der Waals surface area contributed by atoms with Gasteiger partial charge >= 0.3 is 0 Å². The molecule has 0 fully saturated rings. The van der Waals surface area contributed by atoms with E-state index in [4.69, 9.17) is 10.8 Å². The van der Waals surface area contributed by atoms with Crippen LogP contribution in [0.2, 0.25) is 0 Å². The van der Waals surface area contributed by atoms with E-state index in [1.54, 1.807) is 6.92 Å². The average molecular weight is 188 g/mol. The SMILES string of the molecule is C[C@H](O)CNC(=O)[C@H](N)C(C)(C)C. The van der Waals surface area contributed by atoms with Gasteiger partial charge in [0, 0.05) is 6.54 Å². The van der Waals surface area contributed by atoms with Crippen molar-refractivity contribution in [3.8, 4) is 0 Å². The Morgan fingerprint density at radius 3 is 2.31 bits per heavy atom. The van der Waals surface area contributed by atoms with Crippen LogP contribution in [0.25, 0.3) is 0 Å². The first-order chi connectivity index (χ1) is 5.75. The monoisotopic (exact) mass is 188 g/mol. The summed E-state index contributed by atoms with van der Waals surface area (Å²) in [7, 11) is 0.